The second-order valence-corrected chi connectivity index (χ2v) is 16.4. The fourth-order valence-corrected chi connectivity index (χ4v) is 10.5. The monoisotopic (exact) mass is 763 g/mol. The van der Waals surface area contributed by atoms with Crippen molar-refractivity contribution in [3.63, 3.8) is 0 Å². The Morgan fingerprint density at radius 1 is 0.267 bits per heavy atom. The van der Waals surface area contributed by atoms with Gasteiger partial charge in [0.05, 0.1) is 16.6 Å². The van der Waals surface area contributed by atoms with E-state index in [-0.39, 0.29) is 0 Å². The first-order valence-electron chi connectivity index (χ1n) is 20.5. The van der Waals surface area contributed by atoms with Crippen molar-refractivity contribution in [2.75, 3.05) is 0 Å². The van der Waals surface area contributed by atoms with E-state index in [1.807, 2.05) is 24.3 Å². The number of hydrogen-bond donors (Lipinski definition) is 0. The van der Waals surface area contributed by atoms with Crippen molar-refractivity contribution >= 4 is 125 Å². The van der Waals surface area contributed by atoms with E-state index in [1.54, 1.807) is 0 Å². The summed E-state index contributed by atoms with van der Waals surface area (Å²) in [6.45, 7) is 0. The molecule has 0 amide bonds. The average Bonchev–Trinajstić information content (AvgIpc) is 4.10. The molecule has 15 aromatic rings. The SMILES string of the molecule is c1ccc2c(c1)oc1ccc(-c3ccc4cc5c6cc7oc8ccccc8c7c7c8cc9ccc(-c%10ccc%11oc%12ccccc%12c%11c%10)cc9cc8n(c5cc4c3)c67)cc12. The van der Waals surface area contributed by atoms with Crippen LogP contribution in [0.25, 0.3) is 148 Å². The number of benzene rings is 10. The molecule has 0 fully saturated rings. The molecule has 0 radical (unpaired) electrons. The van der Waals surface area contributed by atoms with Crippen molar-refractivity contribution in [3.05, 3.63) is 176 Å². The number of fused-ring (bicyclic) bond motifs is 18. The molecule has 0 saturated carbocycles. The molecule has 0 N–H and O–H groups in total. The molecule has 0 atom stereocenters. The fraction of sp³-hybridized carbons (Fsp3) is 0. The second-order valence-electron chi connectivity index (χ2n) is 16.4. The van der Waals surface area contributed by atoms with Gasteiger partial charge in [-0.2, -0.15) is 0 Å². The zero-order chi connectivity index (χ0) is 38.8. The van der Waals surface area contributed by atoms with Gasteiger partial charge in [-0.05, 0) is 129 Å². The van der Waals surface area contributed by atoms with Crippen molar-refractivity contribution in [3.8, 4) is 22.3 Å². The molecule has 0 aliphatic carbocycles. The summed E-state index contributed by atoms with van der Waals surface area (Å²) < 4.78 is 21.5. The summed E-state index contributed by atoms with van der Waals surface area (Å²) in [5.41, 5.74) is 13.8. The van der Waals surface area contributed by atoms with Gasteiger partial charge < -0.3 is 17.7 Å². The molecule has 60 heavy (non-hydrogen) atoms. The lowest BCUT2D eigenvalue weighted by Gasteiger charge is -2.08. The number of furan rings is 3. The number of hydrogen-bond acceptors (Lipinski definition) is 3. The first kappa shape index (κ1) is 31.0. The number of aromatic nitrogens is 1. The van der Waals surface area contributed by atoms with Crippen molar-refractivity contribution in [2.24, 2.45) is 0 Å². The molecular weight excluding hydrogens is 735 g/mol. The lowest BCUT2D eigenvalue weighted by molar-refractivity contribution is 0.668. The topological polar surface area (TPSA) is 43.8 Å². The van der Waals surface area contributed by atoms with Crippen LogP contribution >= 0.6 is 0 Å². The van der Waals surface area contributed by atoms with Gasteiger partial charge in [0.2, 0.25) is 0 Å². The lowest BCUT2D eigenvalue weighted by atomic mass is 9.96. The average molecular weight is 764 g/mol. The van der Waals surface area contributed by atoms with Gasteiger partial charge in [0.25, 0.3) is 0 Å². The third-order valence-corrected chi connectivity index (χ3v) is 13.2. The highest BCUT2D eigenvalue weighted by Gasteiger charge is 2.24. The quantitative estimate of drug-likeness (QED) is 0.176. The molecule has 4 nitrogen and oxygen atoms in total. The standard InChI is InChI=1S/C56H29NO3/c1-4-10-48-38(7-1)42-24-32(17-19-51(42)58-48)30-13-15-34-23-41-44-29-53-54(40-9-3-6-12-50(40)60-53)55-45-26-35-16-14-31(33-18-20-52-43(25-33)39-8-2-5-11-49(39)59-52)22-37(35)28-47(45)57(56(44)55)46(41)27-36(34)21-30/h1-29H. The Balaban J connectivity index is 0.998. The normalized spacial score (nSPS) is 12.7. The molecule has 0 aliphatic rings. The molecule has 276 valence electrons. The molecule has 0 aliphatic heterocycles. The van der Waals surface area contributed by atoms with Gasteiger partial charge >= 0.3 is 0 Å². The van der Waals surface area contributed by atoms with Crippen LogP contribution in [0.2, 0.25) is 0 Å². The van der Waals surface area contributed by atoms with E-state index in [1.165, 1.54) is 87.3 Å². The van der Waals surface area contributed by atoms with Crippen LogP contribution in [0.5, 0.6) is 0 Å². The molecule has 10 aromatic carbocycles. The molecule has 0 spiro atoms. The summed E-state index contributed by atoms with van der Waals surface area (Å²) in [6, 6.07) is 63.6. The van der Waals surface area contributed by atoms with E-state index >= 15 is 0 Å². The molecule has 4 heteroatoms. The summed E-state index contributed by atoms with van der Waals surface area (Å²) in [6.07, 6.45) is 0. The predicted octanol–water partition coefficient (Wildman–Crippen LogP) is 16.2. The minimum Gasteiger partial charge on any atom is -0.456 e. The van der Waals surface area contributed by atoms with E-state index in [4.69, 9.17) is 13.3 Å². The molecule has 0 saturated heterocycles. The Hall–Kier alpha value is -8.08. The summed E-state index contributed by atoms with van der Waals surface area (Å²) in [7, 11) is 0. The number of nitrogens with zero attached hydrogens (tertiary/aromatic N) is 1. The summed E-state index contributed by atoms with van der Waals surface area (Å²) in [5.74, 6) is 0. The van der Waals surface area contributed by atoms with E-state index in [0.717, 1.165) is 60.4 Å². The molecular formula is C56H29NO3. The number of rotatable bonds is 2. The maximum Gasteiger partial charge on any atom is 0.136 e. The fourth-order valence-electron chi connectivity index (χ4n) is 10.5. The van der Waals surface area contributed by atoms with Gasteiger partial charge in [0, 0.05) is 53.9 Å². The Labute approximate surface area is 340 Å². The van der Waals surface area contributed by atoms with Gasteiger partial charge in [-0.15, -0.1) is 0 Å². The third-order valence-electron chi connectivity index (χ3n) is 13.2. The lowest BCUT2D eigenvalue weighted by Crippen LogP contribution is -1.84. The van der Waals surface area contributed by atoms with Crippen LogP contribution in [-0.4, -0.2) is 4.40 Å². The predicted molar refractivity (Wildman–Crippen MR) is 249 cm³/mol. The van der Waals surface area contributed by atoms with Crippen LogP contribution in [0, 0.1) is 0 Å². The van der Waals surface area contributed by atoms with Gasteiger partial charge in [-0.25, -0.2) is 0 Å². The Bertz CT molecular complexity index is 4360. The first-order valence-corrected chi connectivity index (χ1v) is 20.5. The maximum absolute atomic E-state index is 6.64. The summed E-state index contributed by atoms with van der Waals surface area (Å²) in [5, 5.41) is 16.6. The van der Waals surface area contributed by atoms with E-state index < -0.39 is 0 Å². The van der Waals surface area contributed by atoms with E-state index in [2.05, 4.69) is 156 Å². The second kappa shape index (κ2) is 10.9. The smallest absolute Gasteiger partial charge is 0.136 e. The highest BCUT2D eigenvalue weighted by atomic mass is 16.3. The highest BCUT2D eigenvalue weighted by molar-refractivity contribution is 6.36. The molecule has 0 bridgehead atoms. The van der Waals surface area contributed by atoms with Crippen LogP contribution in [0.15, 0.2) is 189 Å². The van der Waals surface area contributed by atoms with Crippen LogP contribution < -0.4 is 0 Å². The Morgan fingerprint density at radius 2 is 0.733 bits per heavy atom. The molecule has 0 unspecified atom stereocenters. The number of para-hydroxylation sites is 3. The van der Waals surface area contributed by atoms with Crippen LogP contribution in [0.1, 0.15) is 0 Å². The van der Waals surface area contributed by atoms with Gasteiger partial charge in [0.1, 0.15) is 33.5 Å². The molecule has 15 rings (SSSR count). The van der Waals surface area contributed by atoms with Crippen molar-refractivity contribution in [2.45, 2.75) is 0 Å². The Morgan fingerprint density at radius 3 is 1.35 bits per heavy atom. The molecule has 5 heterocycles. The Kier molecular flexibility index (Phi) is 5.63. The van der Waals surface area contributed by atoms with E-state index in [0.29, 0.717) is 0 Å². The van der Waals surface area contributed by atoms with Gasteiger partial charge in [0.15, 0.2) is 0 Å². The zero-order valence-electron chi connectivity index (χ0n) is 31.9. The van der Waals surface area contributed by atoms with Crippen LogP contribution in [0.4, 0.5) is 0 Å². The molecule has 5 aromatic heterocycles. The van der Waals surface area contributed by atoms with Crippen molar-refractivity contribution < 1.29 is 13.3 Å². The van der Waals surface area contributed by atoms with Crippen LogP contribution in [-0.2, 0) is 0 Å². The van der Waals surface area contributed by atoms with Crippen LogP contribution in [0.3, 0.4) is 0 Å². The summed E-state index contributed by atoms with van der Waals surface area (Å²) in [4.78, 5) is 0. The first-order chi connectivity index (χ1) is 29.7. The van der Waals surface area contributed by atoms with E-state index in [9.17, 15) is 0 Å². The van der Waals surface area contributed by atoms with Gasteiger partial charge in [-0.1, -0.05) is 91.0 Å². The third kappa shape index (κ3) is 4.00. The minimum absolute atomic E-state index is 0.908. The maximum atomic E-state index is 6.64. The van der Waals surface area contributed by atoms with Crippen molar-refractivity contribution in [1.29, 1.82) is 0 Å². The largest absolute Gasteiger partial charge is 0.456 e. The van der Waals surface area contributed by atoms with Gasteiger partial charge in [-0.3, -0.25) is 0 Å². The minimum atomic E-state index is 0.908. The van der Waals surface area contributed by atoms with Crippen molar-refractivity contribution in [1.82, 2.24) is 4.40 Å². The highest BCUT2D eigenvalue weighted by Crippen LogP contribution is 2.48. The summed E-state index contributed by atoms with van der Waals surface area (Å²) >= 11 is 0. The zero-order valence-corrected chi connectivity index (χ0v) is 31.9.